The first-order chi connectivity index (χ1) is 2.21. The molecule has 1 aliphatic heterocycles. The molecule has 1 saturated heterocycles. The number of rotatable bonds is 0. The van der Waals surface area contributed by atoms with Crippen LogP contribution in [0.5, 0.6) is 0 Å². The molecule has 3 heteroatoms. The topological polar surface area (TPSA) is 58.8 Å². The summed E-state index contributed by atoms with van der Waals surface area (Å²) in [4.78, 5) is 0. The van der Waals surface area contributed by atoms with E-state index in [0.717, 1.165) is 0 Å². The van der Waals surface area contributed by atoms with E-state index in [4.69, 9.17) is 10.8 Å². The summed E-state index contributed by atoms with van der Waals surface area (Å²) in [5, 5.41) is 8.19. The van der Waals surface area contributed by atoms with E-state index in [1.54, 1.807) is 0 Å². The van der Waals surface area contributed by atoms with Crippen LogP contribution in [0, 0.1) is 0 Å². The van der Waals surface area contributed by atoms with Crippen LogP contribution in [0.15, 0.2) is 0 Å². The summed E-state index contributed by atoms with van der Waals surface area (Å²) in [5.74, 6) is -1.25. The second kappa shape index (κ2) is 0.518. The van der Waals surface area contributed by atoms with Gasteiger partial charge in [-0.15, -0.1) is 0 Å². The lowest BCUT2D eigenvalue weighted by molar-refractivity contribution is 0.0431. The maximum Gasteiger partial charge on any atom is 0.247 e. The molecule has 1 aliphatic rings. The minimum Gasteiger partial charge on any atom is -0.352 e. The molecule has 1 atom stereocenters. The first-order valence-corrected chi connectivity index (χ1v) is 1.36. The lowest BCUT2D eigenvalue weighted by Gasteiger charge is -1.83. The van der Waals surface area contributed by atoms with E-state index in [1.165, 1.54) is 0 Å². The lowest BCUT2D eigenvalue weighted by Crippen LogP contribution is -2.21. The second-order valence-electron chi connectivity index (χ2n) is 1.13. The molecule has 0 spiro atoms. The van der Waals surface area contributed by atoms with Crippen molar-refractivity contribution in [1.82, 2.24) is 0 Å². The summed E-state index contributed by atoms with van der Waals surface area (Å²) < 4.78 is 4.23. The van der Waals surface area contributed by atoms with Gasteiger partial charge in [0, 0.05) is 0 Å². The first-order valence-electron chi connectivity index (χ1n) is 1.36. The molecular formula is C2H5NO2. The molecule has 0 amide bonds. The van der Waals surface area contributed by atoms with Crippen molar-refractivity contribution in [2.75, 3.05) is 6.61 Å². The molecule has 5 heavy (non-hydrogen) atoms. The Morgan fingerprint density at radius 2 is 2.20 bits per heavy atom. The fourth-order valence-corrected chi connectivity index (χ4v) is 0.0739. The smallest absolute Gasteiger partial charge is 0.247 e. The fourth-order valence-electron chi connectivity index (χ4n) is 0.0739. The van der Waals surface area contributed by atoms with Crippen molar-refractivity contribution in [3.05, 3.63) is 0 Å². The Bertz CT molecular complexity index is 45.6. The van der Waals surface area contributed by atoms with Gasteiger partial charge in [-0.1, -0.05) is 0 Å². The van der Waals surface area contributed by atoms with Gasteiger partial charge < -0.3 is 9.84 Å². The highest BCUT2D eigenvalue weighted by Gasteiger charge is 2.37. The third-order valence-electron chi connectivity index (χ3n) is 0.440. The molecule has 0 radical (unpaired) electrons. The van der Waals surface area contributed by atoms with Crippen LogP contribution in [0.25, 0.3) is 0 Å². The molecular weight excluding hydrogens is 70.0 g/mol. The summed E-state index contributed by atoms with van der Waals surface area (Å²) in [7, 11) is 0. The number of epoxide rings is 1. The van der Waals surface area contributed by atoms with Crippen molar-refractivity contribution in [3.8, 4) is 0 Å². The highest BCUT2D eigenvalue weighted by molar-refractivity contribution is 4.68. The van der Waals surface area contributed by atoms with Gasteiger partial charge in [0.1, 0.15) is 6.61 Å². The molecule has 1 rings (SSSR count). The van der Waals surface area contributed by atoms with Crippen LogP contribution in [-0.4, -0.2) is 17.6 Å². The Labute approximate surface area is 29.3 Å². The van der Waals surface area contributed by atoms with E-state index in [-0.39, 0.29) is 6.61 Å². The molecule has 3 nitrogen and oxygen atoms in total. The molecule has 0 saturated carbocycles. The van der Waals surface area contributed by atoms with Crippen molar-refractivity contribution in [2.24, 2.45) is 5.73 Å². The molecule has 0 aromatic heterocycles. The molecule has 1 heterocycles. The Morgan fingerprint density at radius 1 is 2.00 bits per heavy atom. The number of ether oxygens (including phenoxy) is 1. The molecule has 0 bridgehead atoms. The first kappa shape index (κ1) is 3.08. The zero-order valence-corrected chi connectivity index (χ0v) is 2.64. The van der Waals surface area contributed by atoms with Gasteiger partial charge in [-0.2, -0.15) is 0 Å². The van der Waals surface area contributed by atoms with Gasteiger partial charge in [0.05, 0.1) is 0 Å². The molecule has 1 unspecified atom stereocenters. The van der Waals surface area contributed by atoms with Gasteiger partial charge in [-0.3, -0.25) is 5.73 Å². The molecule has 0 aromatic rings. The highest BCUT2D eigenvalue weighted by Crippen LogP contribution is 2.12. The van der Waals surface area contributed by atoms with E-state index in [9.17, 15) is 0 Å². The number of hydrogen-bond acceptors (Lipinski definition) is 3. The van der Waals surface area contributed by atoms with Crippen LogP contribution in [0.1, 0.15) is 0 Å². The zero-order valence-electron chi connectivity index (χ0n) is 2.64. The number of nitrogens with two attached hydrogens (primary N) is 1. The van der Waals surface area contributed by atoms with Crippen molar-refractivity contribution in [3.63, 3.8) is 0 Å². The summed E-state index contributed by atoms with van der Waals surface area (Å²) in [6.07, 6.45) is 0. The van der Waals surface area contributed by atoms with E-state index in [1.807, 2.05) is 0 Å². The maximum absolute atomic E-state index is 8.19. The van der Waals surface area contributed by atoms with Gasteiger partial charge in [0.2, 0.25) is 5.91 Å². The maximum atomic E-state index is 8.19. The van der Waals surface area contributed by atoms with Gasteiger partial charge in [-0.05, 0) is 0 Å². The van der Waals surface area contributed by atoms with Crippen LogP contribution >= 0.6 is 0 Å². The Morgan fingerprint density at radius 3 is 2.20 bits per heavy atom. The third-order valence-corrected chi connectivity index (χ3v) is 0.440. The second-order valence-corrected chi connectivity index (χ2v) is 1.13. The SMILES string of the molecule is NC1(O)CO1. The van der Waals surface area contributed by atoms with Gasteiger partial charge in [-0.25, -0.2) is 0 Å². The zero-order chi connectivity index (χ0) is 3.91. The van der Waals surface area contributed by atoms with Crippen LogP contribution in [0.3, 0.4) is 0 Å². The average molecular weight is 75.1 g/mol. The van der Waals surface area contributed by atoms with E-state index in [2.05, 4.69) is 4.74 Å². The summed E-state index contributed by atoms with van der Waals surface area (Å²) in [6.45, 7) is 0.285. The van der Waals surface area contributed by atoms with Gasteiger partial charge in [0.15, 0.2) is 0 Å². The molecule has 30 valence electrons. The summed E-state index contributed by atoms with van der Waals surface area (Å²) in [6, 6.07) is 0. The quantitative estimate of drug-likeness (QED) is 0.275. The van der Waals surface area contributed by atoms with Crippen molar-refractivity contribution < 1.29 is 9.84 Å². The summed E-state index contributed by atoms with van der Waals surface area (Å²) in [5.41, 5.74) is 4.80. The predicted octanol–water partition coefficient (Wildman–Crippen LogP) is -1.38. The minimum atomic E-state index is -1.25. The molecule has 0 aliphatic carbocycles. The van der Waals surface area contributed by atoms with E-state index < -0.39 is 5.91 Å². The van der Waals surface area contributed by atoms with Crippen LogP contribution in [0.2, 0.25) is 0 Å². The van der Waals surface area contributed by atoms with Crippen LogP contribution in [-0.2, 0) is 4.74 Å². The Balaban J connectivity index is 2.38. The molecule has 0 aromatic carbocycles. The highest BCUT2D eigenvalue weighted by atomic mass is 16.7. The van der Waals surface area contributed by atoms with Gasteiger partial charge in [0.25, 0.3) is 0 Å². The van der Waals surface area contributed by atoms with Gasteiger partial charge >= 0.3 is 0 Å². The Kier molecular flexibility index (Phi) is 0.320. The summed E-state index contributed by atoms with van der Waals surface area (Å²) >= 11 is 0. The van der Waals surface area contributed by atoms with Crippen LogP contribution in [0.4, 0.5) is 0 Å². The van der Waals surface area contributed by atoms with Crippen molar-refractivity contribution >= 4 is 0 Å². The molecule has 3 N–H and O–H groups in total. The van der Waals surface area contributed by atoms with E-state index >= 15 is 0 Å². The standard InChI is InChI=1S/C2H5NO2/c3-2(4)1-5-2/h4H,1,3H2. The van der Waals surface area contributed by atoms with E-state index in [0.29, 0.717) is 0 Å². The third kappa shape index (κ3) is 0.576. The predicted molar refractivity (Wildman–Crippen MR) is 15.1 cm³/mol. The largest absolute Gasteiger partial charge is 0.352 e. The monoisotopic (exact) mass is 75.0 g/mol. The molecule has 1 fully saturated rings. The number of hydrogen-bond donors (Lipinski definition) is 2. The average Bonchev–Trinajstić information content (AvgIpc) is 1.76. The fraction of sp³-hybridized carbons (Fsp3) is 1.00. The number of aliphatic hydroxyl groups is 1. The normalized spacial score (nSPS) is 49.2. The minimum absolute atomic E-state index is 0.285. The van der Waals surface area contributed by atoms with Crippen molar-refractivity contribution in [1.29, 1.82) is 0 Å². The Hall–Kier alpha value is -0.120. The lowest BCUT2D eigenvalue weighted by atomic mass is 10.7. The van der Waals surface area contributed by atoms with Crippen LogP contribution < -0.4 is 5.73 Å². The van der Waals surface area contributed by atoms with Crippen molar-refractivity contribution in [2.45, 2.75) is 5.91 Å².